The van der Waals surface area contributed by atoms with Crippen LogP contribution < -0.4 is 4.90 Å². The van der Waals surface area contributed by atoms with Gasteiger partial charge >= 0.3 is 0 Å². The molecule has 0 radical (unpaired) electrons. The molecule has 3 aromatic rings. The molecule has 8 heteroatoms. The van der Waals surface area contributed by atoms with Crippen LogP contribution in [0.5, 0.6) is 0 Å². The number of fused-ring (bicyclic) bond motifs is 3. The van der Waals surface area contributed by atoms with E-state index >= 15 is 0 Å². The lowest BCUT2D eigenvalue weighted by Crippen LogP contribution is -2.38. The Hall–Kier alpha value is -2.68. The second kappa shape index (κ2) is 9.52. The molecule has 0 amide bonds. The number of nitrogens with zero attached hydrogens (tertiary/aromatic N) is 4. The van der Waals surface area contributed by atoms with Crippen LogP contribution in [0.2, 0.25) is 0 Å². The van der Waals surface area contributed by atoms with Crippen LogP contribution in [0.15, 0.2) is 47.6 Å². The first-order valence-electron chi connectivity index (χ1n) is 12.0. The number of benzene rings is 2. The second-order valence-electron chi connectivity index (χ2n) is 9.05. The minimum Gasteiger partial charge on any atom is -0.378 e. The van der Waals surface area contributed by atoms with E-state index in [0.717, 1.165) is 55.6 Å². The first-order chi connectivity index (χ1) is 16.8. The summed E-state index contributed by atoms with van der Waals surface area (Å²) >= 11 is 1.46. The van der Waals surface area contributed by atoms with Crippen molar-refractivity contribution in [3.63, 3.8) is 0 Å². The SMILES string of the molecule is O=C(CSc1nnc(N2CCOCC2)n1C[C@@H]1CCCO1)c1ccc2c(c1)-c1ccccc1C2. The fourth-order valence-corrected chi connectivity index (χ4v) is 5.88. The highest BCUT2D eigenvalue weighted by Gasteiger charge is 2.26. The third kappa shape index (κ3) is 4.26. The van der Waals surface area contributed by atoms with Crippen molar-refractivity contribution in [1.29, 1.82) is 0 Å². The van der Waals surface area contributed by atoms with Gasteiger partial charge in [-0.1, -0.05) is 48.2 Å². The smallest absolute Gasteiger partial charge is 0.228 e. The molecule has 3 heterocycles. The molecule has 1 atom stereocenters. The van der Waals surface area contributed by atoms with Gasteiger partial charge in [-0.2, -0.15) is 0 Å². The Morgan fingerprint density at radius 1 is 1.03 bits per heavy atom. The Balaban J connectivity index is 1.20. The summed E-state index contributed by atoms with van der Waals surface area (Å²) in [5.74, 6) is 1.28. The molecule has 7 nitrogen and oxygen atoms in total. The molecule has 0 unspecified atom stereocenters. The first-order valence-corrected chi connectivity index (χ1v) is 13.0. The summed E-state index contributed by atoms with van der Waals surface area (Å²) < 4.78 is 13.5. The van der Waals surface area contributed by atoms with Crippen molar-refractivity contribution in [2.45, 2.75) is 37.1 Å². The van der Waals surface area contributed by atoms with Crippen LogP contribution in [-0.4, -0.2) is 65.3 Å². The topological polar surface area (TPSA) is 69.5 Å². The summed E-state index contributed by atoms with van der Waals surface area (Å²) in [4.78, 5) is 15.4. The fourth-order valence-electron chi connectivity index (χ4n) is 5.05. The predicted molar refractivity (Wildman–Crippen MR) is 132 cm³/mol. The zero-order chi connectivity index (χ0) is 22.9. The van der Waals surface area contributed by atoms with Crippen molar-refractivity contribution in [2.75, 3.05) is 43.6 Å². The number of thioether (sulfide) groups is 1. The summed E-state index contributed by atoms with van der Waals surface area (Å²) in [5.41, 5.74) is 5.79. The minimum atomic E-state index is 0.108. The standard InChI is InChI=1S/C26H28N4O3S/c31-24(20-8-7-19-14-18-4-1-2-6-22(18)23(19)15-20)17-34-26-28-27-25(29-9-12-32-13-10-29)30(26)16-21-5-3-11-33-21/h1-2,4,6-8,15,21H,3,5,9-14,16-17H2/t21-/m0/s1. The monoisotopic (exact) mass is 476 g/mol. The number of hydrogen-bond donors (Lipinski definition) is 0. The van der Waals surface area contributed by atoms with Crippen molar-refractivity contribution in [2.24, 2.45) is 0 Å². The number of hydrogen-bond acceptors (Lipinski definition) is 7. The lowest BCUT2D eigenvalue weighted by molar-refractivity contribution is 0.0942. The molecule has 0 bridgehead atoms. The molecular formula is C26H28N4O3S. The Kier molecular flexibility index (Phi) is 6.11. The first kappa shape index (κ1) is 21.8. The average molecular weight is 477 g/mol. The van der Waals surface area contributed by atoms with Gasteiger partial charge in [0.25, 0.3) is 0 Å². The molecule has 34 heavy (non-hydrogen) atoms. The number of carbonyl (C=O) groups is 1. The summed E-state index contributed by atoms with van der Waals surface area (Å²) in [5, 5.41) is 9.75. The van der Waals surface area contributed by atoms with E-state index in [9.17, 15) is 4.79 Å². The van der Waals surface area contributed by atoms with Gasteiger partial charge in [0.2, 0.25) is 5.95 Å². The average Bonchev–Trinajstić information content (AvgIpc) is 3.62. The highest BCUT2D eigenvalue weighted by Crippen LogP contribution is 2.37. The number of aromatic nitrogens is 3. The zero-order valence-electron chi connectivity index (χ0n) is 19.1. The van der Waals surface area contributed by atoms with Gasteiger partial charge in [0, 0.05) is 25.3 Å². The van der Waals surface area contributed by atoms with E-state index in [-0.39, 0.29) is 11.9 Å². The fraction of sp³-hybridized carbons (Fsp3) is 0.423. The predicted octanol–water partition coefficient (Wildman–Crippen LogP) is 3.84. The summed E-state index contributed by atoms with van der Waals surface area (Å²) in [7, 11) is 0. The van der Waals surface area contributed by atoms with Gasteiger partial charge in [-0.3, -0.25) is 9.36 Å². The lowest BCUT2D eigenvalue weighted by Gasteiger charge is -2.28. The van der Waals surface area contributed by atoms with Crippen LogP contribution in [0.1, 0.15) is 34.3 Å². The number of ether oxygens (including phenoxy) is 2. The second-order valence-corrected chi connectivity index (χ2v) is 9.99. The molecule has 0 saturated carbocycles. The van der Waals surface area contributed by atoms with E-state index in [1.54, 1.807) is 0 Å². The van der Waals surface area contributed by atoms with Gasteiger partial charge in [0.05, 0.1) is 31.6 Å². The maximum Gasteiger partial charge on any atom is 0.228 e. The van der Waals surface area contributed by atoms with Crippen molar-refractivity contribution in [3.05, 3.63) is 59.2 Å². The van der Waals surface area contributed by atoms with Crippen molar-refractivity contribution < 1.29 is 14.3 Å². The molecule has 3 aliphatic rings. The minimum absolute atomic E-state index is 0.108. The third-order valence-electron chi connectivity index (χ3n) is 6.85. The van der Waals surface area contributed by atoms with E-state index in [1.807, 2.05) is 6.07 Å². The maximum absolute atomic E-state index is 13.2. The molecule has 2 aromatic carbocycles. The Bertz CT molecular complexity index is 1200. The number of Topliss-reactive ketones (excluding diaryl/α,β-unsaturated/α-hetero) is 1. The van der Waals surface area contributed by atoms with E-state index in [1.165, 1.54) is 34.0 Å². The van der Waals surface area contributed by atoms with Crippen LogP contribution in [0.4, 0.5) is 5.95 Å². The third-order valence-corrected chi connectivity index (χ3v) is 7.82. The van der Waals surface area contributed by atoms with Crippen molar-refractivity contribution in [3.8, 4) is 11.1 Å². The molecule has 176 valence electrons. The van der Waals surface area contributed by atoms with Gasteiger partial charge in [-0.05, 0) is 47.6 Å². The highest BCUT2D eigenvalue weighted by molar-refractivity contribution is 7.99. The van der Waals surface area contributed by atoms with Crippen molar-refractivity contribution in [1.82, 2.24) is 14.8 Å². The Morgan fingerprint density at radius 3 is 2.74 bits per heavy atom. The number of ketones is 1. The molecule has 6 rings (SSSR count). The number of rotatable bonds is 7. The van der Waals surface area contributed by atoms with Crippen LogP contribution >= 0.6 is 11.8 Å². The van der Waals surface area contributed by atoms with Crippen LogP contribution in [0.25, 0.3) is 11.1 Å². The quantitative estimate of drug-likeness (QED) is 0.297. The molecule has 2 aliphatic heterocycles. The maximum atomic E-state index is 13.2. The normalized spacial score (nSPS) is 19.3. The number of morpholine rings is 1. The largest absolute Gasteiger partial charge is 0.378 e. The van der Waals surface area contributed by atoms with Crippen molar-refractivity contribution >= 4 is 23.5 Å². The Morgan fingerprint density at radius 2 is 1.88 bits per heavy atom. The molecule has 0 N–H and O–H groups in total. The molecule has 1 aromatic heterocycles. The summed E-state index contributed by atoms with van der Waals surface area (Å²) in [6, 6.07) is 14.6. The molecule has 2 fully saturated rings. The van der Waals surface area contributed by atoms with E-state index in [4.69, 9.17) is 9.47 Å². The summed E-state index contributed by atoms with van der Waals surface area (Å²) in [6.45, 7) is 4.49. The summed E-state index contributed by atoms with van der Waals surface area (Å²) in [6.07, 6.45) is 3.23. The Labute approximate surface area is 203 Å². The van der Waals surface area contributed by atoms with Gasteiger partial charge in [-0.15, -0.1) is 10.2 Å². The van der Waals surface area contributed by atoms with Crippen LogP contribution in [0, 0.1) is 0 Å². The highest BCUT2D eigenvalue weighted by atomic mass is 32.2. The lowest BCUT2D eigenvalue weighted by atomic mass is 10.0. The van der Waals surface area contributed by atoms with E-state index < -0.39 is 0 Å². The molecular weight excluding hydrogens is 448 g/mol. The molecule has 2 saturated heterocycles. The van der Waals surface area contributed by atoms with Crippen LogP contribution in [0.3, 0.4) is 0 Å². The van der Waals surface area contributed by atoms with Gasteiger partial charge in [-0.25, -0.2) is 0 Å². The zero-order valence-corrected chi connectivity index (χ0v) is 19.9. The number of carbonyl (C=O) groups excluding carboxylic acids is 1. The molecule has 1 aliphatic carbocycles. The van der Waals surface area contributed by atoms with Gasteiger partial charge < -0.3 is 14.4 Å². The van der Waals surface area contributed by atoms with E-state index in [0.29, 0.717) is 25.5 Å². The van der Waals surface area contributed by atoms with Gasteiger partial charge in [0.1, 0.15) is 0 Å². The molecule has 0 spiro atoms. The van der Waals surface area contributed by atoms with Gasteiger partial charge in [0.15, 0.2) is 10.9 Å². The number of anilines is 1. The van der Waals surface area contributed by atoms with E-state index in [2.05, 4.69) is 56.1 Å². The van der Waals surface area contributed by atoms with Crippen LogP contribution in [-0.2, 0) is 22.4 Å².